The van der Waals surface area contributed by atoms with Crippen molar-refractivity contribution in [1.29, 1.82) is 0 Å². The van der Waals surface area contributed by atoms with Crippen molar-refractivity contribution < 1.29 is 4.74 Å². The summed E-state index contributed by atoms with van der Waals surface area (Å²) < 4.78 is 5.86. The van der Waals surface area contributed by atoms with Gasteiger partial charge in [0.2, 0.25) is 0 Å². The highest BCUT2D eigenvalue weighted by atomic mass is 32.1. The van der Waals surface area contributed by atoms with E-state index in [2.05, 4.69) is 11.9 Å². The molecular weight excluding hydrogens is 270 g/mol. The second-order valence-electron chi connectivity index (χ2n) is 6.01. The summed E-state index contributed by atoms with van der Waals surface area (Å²) in [6.07, 6.45) is 6.86. The van der Waals surface area contributed by atoms with Crippen molar-refractivity contribution in [3.63, 3.8) is 0 Å². The van der Waals surface area contributed by atoms with E-state index < -0.39 is 0 Å². The van der Waals surface area contributed by atoms with Crippen LogP contribution in [0.15, 0.2) is 0 Å². The Balaban J connectivity index is 1.90. The fraction of sp³-hybridized carbons (Fsp3) is 0.600. The van der Waals surface area contributed by atoms with Gasteiger partial charge >= 0.3 is 0 Å². The molecule has 1 saturated heterocycles. The molecule has 20 heavy (non-hydrogen) atoms. The fourth-order valence-corrected chi connectivity index (χ4v) is 4.65. The zero-order valence-electron chi connectivity index (χ0n) is 11.7. The van der Waals surface area contributed by atoms with E-state index >= 15 is 0 Å². The third-order valence-corrected chi connectivity index (χ3v) is 5.72. The first kappa shape index (κ1) is 12.5. The number of rotatable bonds is 1. The molecule has 2 aliphatic rings. The average Bonchev–Trinajstić information content (AvgIpc) is 3.03. The smallest absolute Gasteiger partial charge is 0.163 e. The Morgan fingerprint density at radius 1 is 1.20 bits per heavy atom. The highest BCUT2D eigenvalue weighted by molar-refractivity contribution is 7.19. The summed E-state index contributed by atoms with van der Waals surface area (Å²) in [6, 6.07) is 0. The summed E-state index contributed by atoms with van der Waals surface area (Å²) in [6.45, 7) is 2.87. The number of ether oxygens (including phenoxy) is 1. The van der Waals surface area contributed by atoms with Crippen LogP contribution < -0.4 is 5.73 Å². The molecule has 0 saturated carbocycles. The average molecular weight is 289 g/mol. The molecule has 1 unspecified atom stereocenters. The first-order valence-corrected chi connectivity index (χ1v) is 8.21. The van der Waals surface area contributed by atoms with Crippen LogP contribution in [0.5, 0.6) is 0 Å². The number of hydrogen-bond donors (Lipinski definition) is 1. The van der Waals surface area contributed by atoms with Gasteiger partial charge in [-0.25, -0.2) is 9.97 Å². The normalized spacial score (nSPS) is 26.1. The number of aryl methyl sites for hydroxylation is 2. The van der Waals surface area contributed by atoms with Crippen LogP contribution in [0.1, 0.15) is 48.9 Å². The summed E-state index contributed by atoms with van der Waals surface area (Å²) in [5, 5.41) is 1.11. The topological polar surface area (TPSA) is 61.0 Å². The Labute approximate surface area is 122 Å². The summed E-state index contributed by atoms with van der Waals surface area (Å²) in [7, 11) is 0. The predicted molar refractivity (Wildman–Crippen MR) is 81.0 cm³/mol. The summed E-state index contributed by atoms with van der Waals surface area (Å²) in [5.41, 5.74) is 7.30. The van der Waals surface area contributed by atoms with E-state index in [1.807, 2.05) is 0 Å². The van der Waals surface area contributed by atoms with Crippen molar-refractivity contribution in [1.82, 2.24) is 9.97 Å². The van der Waals surface area contributed by atoms with E-state index in [4.69, 9.17) is 15.5 Å². The van der Waals surface area contributed by atoms with E-state index in [0.29, 0.717) is 5.82 Å². The molecule has 2 aromatic heterocycles. The number of thiophene rings is 1. The Kier molecular flexibility index (Phi) is 2.76. The largest absolute Gasteiger partial charge is 0.383 e. The van der Waals surface area contributed by atoms with Gasteiger partial charge in [-0.1, -0.05) is 0 Å². The van der Waals surface area contributed by atoms with E-state index in [-0.39, 0.29) is 5.60 Å². The standard InChI is InChI=1S/C15H19N3OS/c1-15(7-4-8-19-15)14-17-12(16)11-9-5-2-3-6-10(9)20-13(11)18-14/h2-8H2,1H3,(H2,16,17,18). The predicted octanol–water partition coefficient (Wildman–Crippen LogP) is 3.18. The maximum atomic E-state index is 6.25. The number of hydrogen-bond acceptors (Lipinski definition) is 5. The summed E-state index contributed by atoms with van der Waals surface area (Å²) >= 11 is 1.80. The first-order chi connectivity index (χ1) is 9.67. The van der Waals surface area contributed by atoms with Crippen molar-refractivity contribution in [2.24, 2.45) is 0 Å². The van der Waals surface area contributed by atoms with Gasteiger partial charge in [0.05, 0.1) is 5.39 Å². The van der Waals surface area contributed by atoms with Crippen molar-refractivity contribution in [3.8, 4) is 0 Å². The van der Waals surface area contributed by atoms with Gasteiger partial charge in [-0.2, -0.15) is 0 Å². The molecule has 5 heteroatoms. The van der Waals surface area contributed by atoms with Crippen molar-refractivity contribution in [2.45, 2.75) is 51.0 Å². The molecule has 0 amide bonds. The minimum atomic E-state index is -0.354. The third-order valence-electron chi connectivity index (χ3n) is 4.53. The summed E-state index contributed by atoms with van der Waals surface area (Å²) in [4.78, 5) is 11.9. The number of fused-ring (bicyclic) bond motifs is 3. The van der Waals surface area contributed by atoms with E-state index in [9.17, 15) is 0 Å². The van der Waals surface area contributed by atoms with Crippen LogP contribution in [0.4, 0.5) is 5.82 Å². The molecule has 0 bridgehead atoms. The van der Waals surface area contributed by atoms with Crippen molar-refractivity contribution >= 4 is 27.4 Å². The van der Waals surface area contributed by atoms with Crippen LogP contribution >= 0.6 is 11.3 Å². The quantitative estimate of drug-likeness (QED) is 0.876. The molecule has 1 aliphatic heterocycles. The Morgan fingerprint density at radius 2 is 2.05 bits per heavy atom. The summed E-state index contributed by atoms with van der Waals surface area (Å²) in [5.74, 6) is 1.40. The second kappa shape index (κ2) is 4.40. The van der Waals surface area contributed by atoms with Crippen LogP contribution in [0.2, 0.25) is 0 Å². The molecule has 2 aromatic rings. The number of aromatic nitrogens is 2. The first-order valence-electron chi connectivity index (χ1n) is 7.39. The van der Waals surface area contributed by atoms with E-state index in [1.54, 1.807) is 11.3 Å². The maximum absolute atomic E-state index is 6.25. The minimum absolute atomic E-state index is 0.354. The van der Waals surface area contributed by atoms with E-state index in [1.165, 1.54) is 29.7 Å². The molecule has 0 aromatic carbocycles. The second-order valence-corrected chi connectivity index (χ2v) is 7.09. The Hall–Kier alpha value is -1.20. The molecule has 1 atom stereocenters. The number of anilines is 1. The number of nitrogens with zero attached hydrogens (tertiary/aromatic N) is 2. The molecule has 0 spiro atoms. The van der Waals surface area contributed by atoms with Crippen molar-refractivity contribution in [3.05, 3.63) is 16.3 Å². The molecule has 4 rings (SSSR count). The van der Waals surface area contributed by atoms with Crippen LogP contribution in [0.25, 0.3) is 10.2 Å². The molecule has 0 radical (unpaired) electrons. The van der Waals surface area contributed by atoms with Gasteiger partial charge in [0, 0.05) is 11.5 Å². The number of nitrogens with two attached hydrogens (primary N) is 1. The third kappa shape index (κ3) is 1.76. The molecule has 1 aliphatic carbocycles. The molecule has 2 N–H and O–H groups in total. The minimum Gasteiger partial charge on any atom is -0.383 e. The molecule has 106 valence electrons. The molecule has 4 nitrogen and oxygen atoms in total. The molecule has 1 fully saturated rings. The van der Waals surface area contributed by atoms with Gasteiger partial charge in [-0.05, 0) is 51.0 Å². The van der Waals surface area contributed by atoms with Crippen LogP contribution in [-0.4, -0.2) is 16.6 Å². The van der Waals surface area contributed by atoms with Gasteiger partial charge in [0.1, 0.15) is 16.2 Å². The molecular formula is C15H19N3OS. The SMILES string of the molecule is CC1(c2nc(N)c3c4c(sc3n2)CCCC4)CCCO1. The zero-order chi connectivity index (χ0) is 13.7. The van der Waals surface area contributed by atoms with Gasteiger partial charge in [-0.15, -0.1) is 11.3 Å². The number of nitrogen functional groups attached to an aromatic ring is 1. The fourth-order valence-electron chi connectivity index (χ4n) is 3.38. The van der Waals surface area contributed by atoms with Crippen LogP contribution in [0.3, 0.4) is 0 Å². The Morgan fingerprint density at radius 3 is 2.85 bits per heavy atom. The lowest BCUT2D eigenvalue weighted by atomic mass is 9.96. The van der Waals surface area contributed by atoms with Gasteiger partial charge in [0.15, 0.2) is 5.82 Å². The van der Waals surface area contributed by atoms with Gasteiger partial charge in [0.25, 0.3) is 0 Å². The van der Waals surface area contributed by atoms with E-state index in [0.717, 1.165) is 41.9 Å². The maximum Gasteiger partial charge on any atom is 0.163 e. The highest BCUT2D eigenvalue weighted by Gasteiger charge is 2.36. The van der Waals surface area contributed by atoms with Gasteiger partial charge < -0.3 is 10.5 Å². The monoisotopic (exact) mass is 289 g/mol. The van der Waals surface area contributed by atoms with Crippen LogP contribution in [-0.2, 0) is 23.2 Å². The van der Waals surface area contributed by atoms with Crippen molar-refractivity contribution in [2.75, 3.05) is 12.3 Å². The zero-order valence-corrected chi connectivity index (χ0v) is 12.6. The lowest BCUT2D eigenvalue weighted by molar-refractivity contribution is 0.00977. The van der Waals surface area contributed by atoms with Crippen LogP contribution in [0, 0.1) is 0 Å². The van der Waals surface area contributed by atoms with Gasteiger partial charge in [-0.3, -0.25) is 0 Å². The lowest BCUT2D eigenvalue weighted by Gasteiger charge is -2.21. The molecule has 3 heterocycles. The lowest BCUT2D eigenvalue weighted by Crippen LogP contribution is -2.23. The Bertz CT molecular complexity index is 673. The highest BCUT2D eigenvalue weighted by Crippen LogP contribution is 2.40.